The molecule has 8 nitrogen and oxygen atoms in total. The van der Waals surface area contributed by atoms with Crippen molar-refractivity contribution in [3.63, 3.8) is 0 Å². The van der Waals surface area contributed by atoms with Crippen molar-refractivity contribution in [3.8, 4) is 0 Å². The third-order valence-electron chi connectivity index (χ3n) is 9.81. The maximum atomic E-state index is 14.2. The molecule has 1 aliphatic carbocycles. The molecule has 1 saturated carbocycles. The molecule has 3 atom stereocenters. The summed E-state index contributed by atoms with van der Waals surface area (Å²) in [6, 6.07) is 14.3. The number of hydrazine groups is 1. The monoisotopic (exact) mass is 591 g/mol. The van der Waals surface area contributed by atoms with Crippen LogP contribution < -0.4 is 20.7 Å². The summed E-state index contributed by atoms with van der Waals surface area (Å²) in [5.74, 6) is 0.749. The van der Waals surface area contributed by atoms with Crippen molar-refractivity contribution in [3.05, 3.63) is 58.1 Å². The van der Waals surface area contributed by atoms with E-state index in [1.807, 2.05) is 46.2 Å². The average Bonchev–Trinajstić information content (AvgIpc) is 3.66. The van der Waals surface area contributed by atoms with Gasteiger partial charge >= 0.3 is 0 Å². The number of rotatable bonds is 3. The molecule has 2 N–H and O–H groups in total. The van der Waals surface area contributed by atoms with E-state index in [4.69, 9.17) is 0 Å². The standard InChI is InChI=1S/C30H34BrN5O3/c31-22-5-3-7-25-27(22)30(29(39)36(25)18-26(37)35-13-10-19-4-1-2-6-24(19)35)11-14-34(15-12-30)28(38)20-8-9-23-21(16-20)17-32-33-23/h1-7,20-21,23,32-33H,8-18H2. The molecule has 0 aromatic heterocycles. The van der Waals surface area contributed by atoms with Gasteiger partial charge in [0.25, 0.3) is 0 Å². The van der Waals surface area contributed by atoms with E-state index in [-0.39, 0.29) is 30.2 Å². The number of benzene rings is 2. The van der Waals surface area contributed by atoms with E-state index >= 15 is 0 Å². The highest BCUT2D eigenvalue weighted by Gasteiger charge is 2.54. The normalized spacial score (nSPS) is 27.1. The topological polar surface area (TPSA) is 85.0 Å². The fraction of sp³-hybridized carbons (Fsp3) is 0.500. The zero-order valence-corrected chi connectivity index (χ0v) is 23.6. The summed E-state index contributed by atoms with van der Waals surface area (Å²) in [4.78, 5) is 46.8. The van der Waals surface area contributed by atoms with E-state index in [2.05, 4.69) is 32.8 Å². The van der Waals surface area contributed by atoms with Crippen LogP contribution in [0.3, 0.4) is 0 Å². The molecule has 5 aliphatic rings. The Balaban J connectivity index is 1.09. The molecule has 3 amide bonds. The van der Waals surface area contributed by atoms with Crippen molar-refractivity contribution < 1.29 is 14.4 Å². The molecule has 0 radical (unpaired) electrons. The van der Waals surface area contributed by atoms with Crippen LogP contribution in [-0.4, -0.2) is 61.4 Å². The van der Waals surface area contributed by atoms with Gasteiger partial charge < -0.3 is 14.7 Å². The predicted molar refractivity (Wildman–Crippen MR) is 152 cm³/mol. The van der Waals surface area contributed by atoms with Crippen molar-refractivity contribution >= 4 is 45.0 Å². The molecule has 204 valence electrons. The van der Waals surface area contributed by atoms with E-state index in [0.29, 0.717) is 44.4 Å². The van der Waals surface area contributed by atoms with Crippen molar-refractivity contribution in [2.75, 3.05) is 42.5 Å². The largest absolute Gasteiger partial charge is 0.342 e. The summed E-state index contributed by atoms with van der Waals surface area (Å²) in [7, 11) is 0. The highest BCUT2D eigenvalue weighted by molar-refractivity contribution is 9.10. The number of halogens is 1. The number of likely N-dealkylation sites (tertiary alicyclic amines) is 1. The van der Waals surface area contributed by atoms with Crippen LogP contribution in [0, 0.1) is 11.8 Å². The van der Waals surface area contributed by atoms with Crippen LogP contribution in [0.15, 0.2) is 46.9 Å². The molecule has 2 aromatic carbocycles. The number of fused-ring (bicyclic) bond motifs is 4. The number of hydrogen-bond acceptors (Lipinski definition) is 5. The first-order valence-electron chi connectivity index (χ1n) is 14.2. The van der Waals surface area contributed by atoms with Crippen LogP contribution in [0.2, 0.25) is 0 Å². The van der Waals surface area contributed by atoms with Crippen LogP contribution in [0.1, 0.15) is 43.2 Å². The maximum Gasteiger partial charge on any atom is 0.247 e. The molecular weight excluding hydrogens is 558 g/mol. The average molecular weight is 593 g/mol. The lowest BCUT2D eigenvalue weighted by molar-refractivity contribution is -0.140. The molecule has 4 heterocycles. The van der Waals surface area contributed by atoms with Gasteiger partial charge in [-0.3, -0.25) is 25.2 Å². The number of carbonyl (C=O) groups excluding carboxylic acids is 3. The maximum absolute atomic E-state index is 14.2. The van der Waals surface area contributed by atoms with Gasteiger partial charge in [0.05, 0.1) is 5.41 Å². The number of hydrogen-bond donors (Lipinski definition) is 2. The molecule has 4 aliphatic heterocycles. The minimum atomic E-state index is -0.716. The van der Waals surface area contributed by atoms with Gasteiger partial charge in [0.1, 0.15) is 6.54 Å². The number of anilines is 2. The van der Waals surface area contributed by atoms with Gasteiger partial charge in [-0.15, -0.1) is 0 Å². The first-order chi connectivity index (χ1) is 19.0. The lowest BCUT2D eigenvalue weighted by Gasteiger charge is -2.41. The molecule has 7 rings (SSSR count). The summed E-state index contributed by atoms with van der Waals surface area (Å²) in [5.41, 5.74) is 9.78. The van der Waals surface area contributed by atoms with Gasteiger partial charge in [0.15, 0.2) is 0 Å². The Kier molecular flexibility index (Phi) is 6.28. The molecule has 0 bridgehead atoms. The number of amides is 3. The minimum Gasteiger partial charge on any atom is -0.342 e. The number of piperidine rings is 1. The Bertz CT molecular complexity index is 1340. The Hall–Kier alpha value is -2.75. The van der Waals surface area contributed by atoms with Crippen LogP contribution >= 0.6 is 15.9 Å². The van der Waals surface area contributed by atoms with Crippen molar-refractivity contribution in [1.29, 1.82) is 0 Å². The Morgan fingerprint density at radius 3 is 2.64 bits per heavy atom. The Labute approximate surface area is 237 Å². The van der Waals surface area contributed by atoms with Gasteiger partial charge in [-0.1, -0.05) is 40.2 Å². The first-order valence-corrected chi connectivity index (χ1v) is 15.0. The Morgan fingerprint density at radius 1 is 1.00 bits per heavy atom. The van der Waals surface area contributed by atoms with Crippen molar-refractivity contribution in [2.24, 2.45) is 11.8 Å². The molecule has 3 unspecified atom stereocenters. The van der Waals surface area contributed by atoms with E-state index in [1.54, 1.807) is 4.90 Å². The molecule has 1 spiro atoms. The zero-order valence-electron chi connectivity index (χ0n) is 22.0. The number of para-hydroxylation sites is 1. The van der Waals surface area contributed by atoms with Gasteiger partial charge in [0, 0.05) is 59.5 Å². The second kappa shape index (κ2) is 9.71. The number of nitrogens with zero attached hydrogens (tertiary/aromatic N) is 3. The molecule has 2 saturated heterocycles. The summed E-state index contributed by atoms with van der Waals surface area (Å²) >= 11 is 3.73. The quantitative estimate of drug-likeness (QED) is 0.573. The van der Waals surface area contributed by atoms with Crippen LogP contribution in [0.4, 0.5) is 11.4 Å². The smallest absolute Gasteiger partial charge is 0.247 e. The fourth-order valence-electron chi connectivity index (χ4n) is 7.72. The van der Waals surface area contributed by atoms with E-state index in [9.17, 15) is 14.4 Å². The van der Waals surface area contributed by atoms with Gasteiger partial charge in [-0.2, -0.15) is 0 Å². The van der Waals surface area contributed by atoms with Crippen molar-refractivity contribution in [2.45, 2.75) is 50.0 Å². The van der Waals surface area contributed by atoms with Gasteiger partial charge in [-0.05, 0) is 68.2 Å². The Morgan fingerprint density at radius 2 is 1.79 bits per heavy atom. The second-order valence-corrected chi connectivity index (χ2v) is 12.6. The van der Waals surface area contributed by atoms with Crippen LogP contribution in [0.25, 0.3) is 0 Å². The predicted octanol–water partition coefficient (Wildman–Crippen LogP) is 3.14. The summed E-state index contributed by atoms with van der Waals surface area (Å²) in [5, 5.41) is 0. The summed E-state index contributed by atoms with van der Waals surface area (Å²) in [6.07, 6.45) is 4.85. The summed E-state index contributed by atoms with van der Waals surface area (Å²) < 4.78 is 0.897. The lowest BCUT2D eigenvalue weighted by Crippen LogP contribution is -2.53. The third-order valence-corrected chi connectivity index (χ3v) is 10.5. The lowest BCUT2D eigenvalue weighted by atomic mass is 9.73. The molecule has 39 heavy (non-hydrogen) atoms. The number of carbonyl (C=O) groups is 3. The molecule has 2 aromatic rings. The molecule has 3 fully saturated rings. The zero-order chi connectivity index (χ0) is 26.7. The highest BCUT2D eigenvalue weighted by Crippen LogP contribution is 2.51. The number of nitrogens with one attached hydrogen (secondary N) is 2. The van der Waals surface area contributed by atoms with Crippen LogP contribution in [0.5, 0.6) is 0 Å². The SMILES string of the molecule is O=C(C1CCC2NNCC2C1)N1CCC2(CC1)C(=O)N(CC(=O)N1CCc3ccccc31)c1cccc(Br)c12. The second-order valence-electron chi connectivity index (χ2n) is 11.8. The van der Waals surface area contributed by atoms with E-state index in [1.165, 1.54) is 5.56 Å². The molecule has 9 heteroatoms. The van der Waals surface area contributed by atoms with Gasteiger partial charge in [0.2, 0.25) is 17.7 Å². The van der Waals surface area contributed by atoms with Crippen LogP contribution in [-0.2, 0) is 26.2 Å². The highest BCUT2D eigenvalue weighted by atomic mass is 79.9. The summed E-state index contributed by atoms with van der Waals surface area (Å²) in [6.45, 7) is 2.71. The fourth-order valence-corrected chi connectivity index (χ4v) is 8.45. The van der Waals surface area contributed by atoms with Gasteiger partial charge in [-0.25, -0.2) is 0 Å². The molecular formula is C30H34BrN5O3. The first kappa shape index (κ1) is 25.2. The van der Waals surface area contributed by atoms with E-state index < -0.39 is 5.41 Å². The minimum absolute atomic E-state index is 0.0130. The van der Waals surface area contributed by atoms with E-state index in [0.717, 1.165) is 53.6 Å². The van der Waals surface area contributed by atoms with Crippen molar-refractivity contribution in [1.82, 2.24) is 15.8 Å². The third kappa shape index (κ3) is 4.04.